The minimum absolute atomic E-state index is 0.693. The van der Waals surface area contributed by atoms with Gasteiger partial charge in [-0.3, -0.25) is 0 Å². The van der Waals surface area contributed by atoms with Crippen molar-refractivity contribution in [2.75, 3.05) is 30.1 Å². The van der Waals surface area contributed by atoms with Crippen molar-refractivity contribution < 1.29 is 4.74 Å². The number of ether oxygens (including phenoxy) is 1. The molecule has 0 spiro atoms. The summed E-state index contributed by atoms with van der Waals surface area (Å²) in [6.45, 7) is 2.68. The molecule has 0 radical (unpaired) electrons. The van der Waals surface area contributed by atoms with E-state index in [4.69, 9.17) is 10.5 Å². The number of benzene rings is 1. The molecule has 0 saturated heterocycles. The molecule has 4 heteroatoms. The van der Waals surface area contributed by atoms with Gasteiger partial charge in [0.2, 0.25) is 0 Å². The zero-order valence-corrected chi connectivity index (χ0v) is 10.8. The molecule has 0 saturated carbocycles. The summed E-state index contributed by atoms with van der Waals surface area (Å²) < 4.78 is 5.43. The fourth-order valence-corrected chi connectivity index (χ4v) is 2.79. The molecule has 0 atom stereocenters. The number of rotatable bonds is 6. The Bertz CT molecular complexity index is 305. The quantitative estimate of drug-likeness (QED) is 0.473. The van der Waals surface area contributed by atoms with Crippen molar-refractivity contribution in [3.05, 3.63) is 18.2 Å². The van der Waals surface area contributed by atoms with Crippen LogP contribution in [0.1, 0.15) is 6.92 Å². The molecule has 0 aliphatic heterocycles. The Morgan fingerprint density at radius 1 is 1.33 bits per heavy atom. The average Bonchev–Trinajstić information content (AvgIpc) is 2.23. The lowest BCUT2D eigenvalue weighted by atomic mass is 10.3. The van der Waals surface area contributed by atoms with Crippen molar-refractivity contribution in [2.24, 2.45) is 0 Å². The van der Waals surface area contributed by atoms with Gasteiger partial charge in [0.1, 0.15) is 5.75 Å². The van der Waals surface area contributed by atoms with Crippen LogP contribution >= 0.6 is 23.5 Å². The number of nitrogen functional groups attached to an aromatic ring is 1. The minimum Gasteiger partial charge on any atom is -0.494 e. The predicted octanol–water partition coefficient (Wildman–Crippen LogP) is 3.12. The summed E-state index contributed by atoms with van der Waals surface area (Å²) >= 11 is 3.63. The number of thioether (sulfide) groups is 2. The third kappa shape index (κ3) is 4.26. The average molecular weight is 243 g/mol. The van der Waals surface area contributed by atoms with Crippen molar-refractivity contribution in [3.63, 3.8) is 0 Å². The van der Waals surface area contributed by atoms with Crippen LogP contribution in [0.2, 0.25) is 0 Å². The standard InChI is InChI=1S/C11H17NOS2/c1-3-13-9-4-5-10(12)11(8-9)15-7-6-14-2/h4-5,8H,3,6-7,12H2,1-2H3. The molecule has 1 rings (SSSR count). The Hall–Kier alpha value is -0.480. The highest BCUT2D eigenvalue weighted by Crippen LogP contribution is 2.29. The Morgan fingerprint density at radius 3 is 2.80 bits per heavy atom. The number of anilines is 1. The second-order valence-electron chi connectivity index (χ2n) is 2.97. The second-order valence-corrected chi connectivity index (χ2v) is 5.10. The highest BCUT2D eigenvalue weighted by molar-refractivity contribution is 8.02. The predicted molar refractivity (Wildman–Crippen MR) is 71.1 cm³/mol. The van der Waals surface area contributed by atoms with Crippen molar-refractivity contribution in [1.82, 2.24) is 0 Å². The first-order chi connectivity index (χ1) is 7.27. The van der Waals surface area contributed by atoms with Crippen LogP contribution in [0.5, 0.6) is 5.75 Å². The Morgan fingerprint density at radius 2 is 2.13 bits per heavy atom. The van der Waals surface area contributed by atoms with Crippen LogP contribution in [0.25, 0.3) is 0 Å². The maximum atomic E-state index is 5.88. The van der Waals surface area contributed by atoms with Gasteiger partial charge < -0.3 is 10.5 Å². The molecule has 0 aliphatic carbocycles. The van der Waals surface area contributed by atoms with Gasteiger partial charge in [0, 0.05) is 22.1 Å². The molecule has 2 nitrogen and oxygen atoms in total. The van der Waals surface area contributed by atoms with Crippen LogP contribution < -0.4 is 10.5 Å². The van der Waals surface area contributed by atoms with Crippen molar-refractivity contribution in [3.8, 4) is 5.75 Å². The maximum Gasteiger partial charge on any atom is 0.120 e. The Kier molecular flexibility index (Phi) is 5.79. The van der Waals surface area contributed by atoms with Crippen molar-refractivity contribution in [1.29, 1.82) is 0 Å². The summed E-state index contributed by atoms with van der Waals surface area (Å²) in [7, 11) is 0. The van der Waals surface area contributed by atoms with Crippen LogP contribution in [0.4, 0.5) is 5.69 Å². The van der Waals surface area contributed by atoms with Gasteiger partial charge in [-0.15, -0.1) is 11.8 Å². The number of hydrogen-bond acceptors (Lipinski definition) is 4. The number of nitrogens with two attached hydrogens (primary N) is 1. The molecule has 1 aromatic rings. The van der Waals surface area contributed by atoms with Crippen LogP contribution in [0.15, 0.2) is 23.1 Å². The van der Waals surface area contributed by atoms with E-state index in [1.165, 1.54) is 0 Å². The SMILES string of the molecule is CCOc1ccc(N)c(SCCSC)c1. The van der Waals surface area contributed by atoms with Gasteiger partial charge in [-0.25, -0.2) is 0 Å². The van der Waals surface area contributed by atoms with Crippen LogP contribution in [0.3, 0.4) is 0 Å². The van der Waals surface area contributed by atoms with E-state index in [9.17, 15) is 0 Å². The minimum atomic E-state index is 0.693. The molecule has 0 fully saturated rings. The van der Waals surface area contributed by atoms with E-state index in [1.807, 2.05) is 36.9 Å². The lowest BCUT2D eigenvalue weighted by molar-refractivity contribution is 0.339. The third-order valence-electron chi connectivity index (χ3n) is 1.84. The molecule has 0 aromatic heterocycles. The monoisotopic (exact) mass is 243 g/mol. The first kappa shape index (κ1) is 12.6. The van der Waals surface area contributed by atoms with Gasteiger partial charge in [-0.1, -0.05) is 0 Å². The maximum absolute atomic E-state index is 5.88. The largest absolute Gasteiger partial charge is 0.494 e. The molecule has 84 valence electrons. The van der Waals surface area contributed by atoms with Crippen LogP contribution in [0, 0.1) is 0 Å². The van der Waals surface area contributed by atoms with E-state index in [-0.39, 0.29) is 0 Å². The molecule has 0 bridgehead atoms. The molecule has 0 unspecified atom stereocenters. The first-order valence-electron chi connectivity index (χ1n) is 4.92. The van der Waals surface area contributed by atoms with Gasteiger partial charge in [0.15, 0.2) is 0 Å². The lowest BCUT2D eigenvalue weighted by Crippen LogP contribution is -1.95. The molecule has 15 heavy (non-hydrogen) atoms. The van der Waals surface area contributed by atoms with Gasteiger partial charge in [-0.05, 0) is 31.4 Å². The summed E-state index contributed by atoms with van der Waals surface area (Å²) in [5, 5.41) is 0. The molecule has 2 N–H and O–H groups in total. The van der Waals surface area contributed by atoms with Crippen LogP contribution in [-0.4, -0.2) is 24.4 Å². The summed E-state index contributed by atoms with van der Waals surface area (Å²) in [6, 6.07) is 5.84. The fraction of sp³-hybridized carbons (Fsp3) is 0.455. The molecule has 1 aromatic carbocycles. The summed E-state index contributed by atoms with van der Waals surface area (Å²) in [6.07, 6.45) is 2.11. The Balaban J connectivity index is 2.63. The zero-order chi connectivity index (χ0) is 11.1. The highest BCUT2D eigenvalue weighted by atomic mass is 32.2. The van der Waals surface area contributed by atoms with Gasteiger partial charge in [0.25, 0.3) is 0 Å². The van der Waals surface area contributed by atoms with E-state index in [0.717, 1.165) is 27.8 Å². The van der Waals surface area contributed by atoms with Crippen LogP contribution in [-0.2, 0) is 0 Å². The topological polar surface area (TPSA) is 35.2 Å². The Labute approximate surface area is 100.0 Å². The smallest absolute Gasteiger partial charge is 0.120 e. The zero-order valence-electron chi connectivity index (χ0n) is 9.16. The van der Waals surface area contributed by atoms with E-state index >= 15 is 0 Å². The van der Waals surface area contributed by atoms with E-state index in [2.05, 4.69) is 6.26 Å². The van der Waals surface area contributed by atoms with E-state index in [0.29, 0.717) is 6.61 Å². The normalized spacial score (nSPS) is 10.3. The molecular formula is C11H17NOS2. The number of hydrogen-bond donors (Lipinski definition) is 1. The lowest BCUT2D eigenvalue weighted by Gasteiger charge is -2.08. The second kappa shape index (κ2) is 6.90. The van der Waals surface area contributed by atoms with E-state index < -0.39 is 0 Å². The summed E-state index contributed by atoms with van der Waals surface area (Å²) in [4.78, 5) is 1.12. The first-order valence-corrected chi connectivity index (χ1v) is 7.30. The molecular weight excluding hydrogens is 226 g/mol. The van der Waals surface area contributed by atoms with Gasteiger partial charge in [0.05, 0.1) is 6.61 Å². The van der Waals surface area contributed by atoms with E-state index in [1.54, 1.807) is 11.8 Å². The van der Waals surface area contributed by atoms with Gasteiger partial charge >= 0.3 is 0 Å². The van der Waals surface area contributed by atoms with Gasteiger partial charge in [-0.2, -0.15) is 11.8 Å². The highest BCUT2D eigenvalue weighted by Gasteiger charge is 2.02. The third-order valence-corrected chi connectivity index (χ3v) is 3.78. The summed E-state index contributed by atoms with van der Waals surface area (Å²) in [5.41, 5.74) is 6.72. The molecule has 0 amide bonds. The summed E-state index contributed by atoms with van der Waals surface area (Å²) in [5.74, 6) is 3.13. The van der Waals surface area contributed by atoms with Crippen molar-refractivity contribution in [2.45, 2.75) is 11.8 Å². The molecule has 0 heterocycles. The fourth-order valence-electron chi connectivity index (χ4n) is 1.13. The molecule has 0 aliphatic rings. The van der Waals surface area contributed by atoms with Crippen molar-refractivity contribution >= 4 is 29.2 Å².